The number of ether oxygens (including phenoxy) is 1. The molecule has 0 aliphatic rings. The van der Waals surface area contributed by atoms with Gasteiger partial charge in [0.2, 0.25) is 5.91 Å². The van der Waals surface area contributed by atoms with Crippen LogP contribution in [0.2, 0.25) is 5.02 Å². The van der Waals surface area contributed by atoms with Crippen LogP contribution in [0.3, 0.4) is 0 Å². The number of rotatable bonds is 7. The Morgan fingerprint density at radius 2 is 1.83 bits per heavy atom. The van der Waals surface area contributed by atoms with Crippen LogP contribution in [0.25, 0.3) is 0 Å². The first-order chi connectivity index (χ1) is 11.5. The van der Waals surface area contributed by atoms with Crippen LogP contribution < -0.4 is 10.1 Å². The molecule has 0 saturated carbocycles. The largest absolute Gasteiger partial charge is 0.491 e. The minimum absolute atomic E-state index is 0.00386. The first-order valence-electron chi connectivity index (χ1n) is 7.86. The van der Waals surface area contributed by atoms with Crippen molar-refractivity contribution in [2.24, 2.45) is 0 Å². The molecule has 0 saturated heterocycles. The van der Waals surface area contributed by atoms with Gasteiger partial charge in [-0.15, -0.1) is 11.8 Å². The summed E-state index contributed by atoms with van der Waals surface area (Å²) in [4.78, 5) is 13.3. The van der Waals surface area contributed by atoms with E-state index >= 15 is 0 Å². The van der Waals surface area contributed by atoms with Crippen molar-refractivity contribution in [3.8, 4) is 5.75 Å². The smallest absolute Gasteiger partial charge is 0.233 e. The second kappa shape index (κ2) is 9.00. The molecule has 2 rings (SSSR count). The highest BCUT2D eigenvalue weighted by atomic mass is 35.5. The van der Waals surface area contributed by atoms with E-state index in [2.05, 4.69) is 5.32 Å². The normalized spacial score (nSPS) is 13.2. The van der Waals surface area contributed by atoms with E-state index in [9.17, 15) is 4.79 Å². The predicted octanol–water partition coefficient (Wildman–Crippen LogP) is 4.71. The predicted molar refractivity (Wildman–Crippen MR) is 101 cm³/mol. The summed E-state index contributed by atoms with van der Waals surface area (Å²) in [6.07, 6.45) is 0. The molecule has 2 aromatic carbocycles. The van der Waals surface area contributed by atoms with Crippen molar-refractivity contribution in [1.29, 1.82) is 0 Å². The molecule has 5 heteroatoms. The Balaban J connectivity index is 1.80. The average molecular weight is 364 g/mol. The molecule has 0 spiro atoms. The molecule has 0 unspecified atom stereocenters. The Morgan fingerprint density at radius 1 is 1.17 bits per heavy atom. The highest BCUT2D eigenvalue weighted by molar-refractivity contribution is 8.00. The van der Waals surface area contributed by atoms with Crippen LogP contribution in [-0.2, 0) is 4.79 Å². The van der Waals surface area contributed by atoms with Crippen LogP contribution in [0.15, 0.2) is 53.4 Å². The number of benzene rings is 2. The van der Waals surface area contributed by atoms with Gasteiger partial charge in [0, 0.05) is 9.92 Å². The Labute approximate surface area is 152 Å². The Bertz CT molecular complexity index is 675. The maximum atomic E-state index is 12.3. The topological polar surface area (TPSA) is 38.3 Å². The lowest BCUT2D eigenvalue weighted by Gasteiger charge is -2.18. The van der Waals surface area contributed by atoms with Crippen LogP contribution in [0.1, 0.15) is 19.4 Å². The maximum absolute atomic E-state index is 12.3. The van der Waals surface area contributed by atoms with Gasteiger partial charge in [0.1, 0.15) is 12.4 Å². The summed E-state index contributed by atoms with van der Waals surface area (Å²) in [5, 5.41) is 3.50. The second-order valence-electron chi connectivity index (χ2n) is 5.70. The van der Waals surface area contributed by atoms with E-state index in [-0.39, 0.29) is 17.2 Å². The van der Waals surface area contributed by atoms with Gasteiger partial charge >= 0.3 is 0 Å². The van der Waals surface area contributed by atoms with Gasteiger partial charge in [0.15, 0.2) is 0 Å². The van der Waals surface area contributed by atoms with Crippen molar-refractivity contribution in [2.45, 2.75) is 37.0 Å². The zero-order chi connectivity index (χ0) is 17.5. The fourth-order valence-electron chi connectivity index (χ4n) is 2.11. The molecule has 0 aliphatic carbocycles. The van der Waals surface area contributed by atoms with Crippen molar-refractivity contribution in [1.82, 2.24) is 5.32 Å². The number of halogens is 1. The molecular weight excluding hydrogens is 342 g/mol. The molecule has 1 N–H and O–H groups in total. The van der Waals surface area contributed by atoms with E-state index in [0.717, 1.165) is 16.2 Å². The van der Waals surface area contributed by atoms with Crippen LogP contribution in [-0.4, -0.2) is 23.8 Å². The van der Waals surface area contributed by atoms with Gasteiger partial charge in [0.25, 0.3) is 0 Å². The lowest BCUT2D eigenvalue weighted by Crippen LogP contribution is -2.40. The van der Waals surface area contributed by atoms with Gasteiger partial charge in [0.05, 0.1) is 11.3 Å². The summed E-state index contributed by atoms with van der Waals surface area (Å²) < 4.78 is 5.77. The van der Waals surface area contributed by atoms with Crippen molar-refractivity contribution in [2.75, 3.05) is 6.61 Å². The Morgan fingerprint density at radius 3 is 2.50 bits per heavy atom. The second-order valence-corrected chi connectivity index (χ2v) is 7.55. The number of carbonyl (C=O) groups is 1. The molecule has 2 atom stereocenters. The third-order valence-electron chi connectivity index (χ3n) is 3.47. The molecular formula is C19H22ClNO2S. The van der Waals surface area contributed by atoms with Gasteiger partial charge in [-0.25, -0.2) is 0 Å². The lowest BCUT2D eigenvalue weighted by molar-refractivity contribution is -0.121. The molecule has 0 aliphatic heterocycles. The standard InChI is InChI=1S/C19H22ClNO2S/c1-13-6-4-5-7-18(13)23-12-14(2)21-19(22)15(3)24-17-10-8-16(20)9-11-17/h4-11,14-15H,12H2,1-3H3,(H,21,22)/t14-,15-/m0/s1. The fourth-order valence-corrected chi connectivity index (χ4v) is 3.11. The minimum Gasteiger partial charge on any atom is -0.491 e. The van der Waals surface area contributed by atoms with Gasteiger partial charge in [-0.3, -0.25) is 4.79 Å². The zero-order valence-corrected chi connectivity index (χ0v) is 15.7. The summed E-state index contributed by atoms with van der Waals surface area (Å²) >= 11 is 7.38. The van der Waals surface area contributed by atoms with E-state index in [1.165, 1.54) is 11.8 Å². The molecule has 2 aromatic rings. The highest BCUT2D eigenvalue weighted by Gasteiger charge is 2.17. The summed E-state index contributed by atoms with van der Waals surface area (Å²) in [5.41, 5.74) is 1.09. The summed E-state index contributed by atoms with van der Waals surface area (Å²) in [5.74, 6) is 0.845. The van der Waals surface area contributed by atoms with Crippen molar-refractivity contribution in [3.63, 3.8) is 0 Å². The first kappa shape index (κ1) is 18.7. The average Bonchev–Trinajstić information content (AvgIpc) is 2.56. The molecule has 128 valence electrons. The number of thioether (sulfide) groups is 1. The number of carbonyl (C=O) groups excluding carboxylic acids is 1. The number of para-hydroxylation sites is 1. The number of amides is 1. The summed E-state index contributed by atoms with van der Waals surface area (Å²) in [6, 6.07) is 15.3. The van der Waals surface area contributed by atoms with E-state index in [0.29, 0.717) is 11.6 Å². The van der Waals surface area contributed by atoms with Crippen LogP contribution >= 0.6 is 23.4 Å². The molecule has 1 amide bonds. The van der Waals surface area contributed by atoms with E-state index in [1.807, 2.05) is 69.3 Å². The molecule has 3 nitrogen and oxygen atoms in total. The van der Waals surface area contributed by atoms with E-state index in [1.54, 1.807) is 0 Å². The SMILES string of the molecule is Cc1ccccc1OC[C@H](C)NC(=O)[C@H](C)Sc1ccc(Cl)cc1. The molecule has 24 heavy (non-hydrogen) atoms. The van der Waals surface area contributed by atoms with Gasteiger partial charge < -0.3 is 10.1 Å². The minimum atomic E-state index is -0.188. The maximum Gasteiger partial charge on any atom is 0.233 e. The zero-order valence-electron chi connectivity index (χ0n) is 14.1. The molecule has 0 heterocycles. The lowest BCUT2D eigenvalue weighted by atomic mass is 10.2. The number of hydrogen-bond donors (Lipinski definition) is 1. The highest BCUT2D eigenvalue weighted by Crippen LogP contribution is 2.24. The van der Waals surface area contributed by atoms with Crippen molar-refractivity contribution in [3.05, 3.63) is 59.1 Å². The van der Waals surface area contributed by atoms with Crippen molar-refractivity contribution >= 4 is 29.3 Å². The monoisotopic (exact) mass is 363 g/mol. The van der Waals surface area contributed by atoms with E-state index in [4.69, 9.17) is 16.3 Å². The number of aryl methyl sites for hydroxylation is 1. The Kier molecular flexibility index (Phi) is 7.00. The van der Waals surface area contributed by atoms with Gasteiger partial charge in [-0.05, 0) is 56.7 Å². The molecule has 0 bridgehead atoms. The third kappa shape index (κ3) is 5.77. The molecule has 0 aromatic heterocycles. The quantitative estimate of drug-likeness (QED) is 0.724. The Hall–Kier alpha value is -1.65. The van der Waals surface area contributed by atoms with E-state index < -0.39 is 0 Å². The van der Waals surface area contributed by atoms with Gasteiger partial charge in [-0.2, -0.15) is 0 Å². The number of hydrogen-bond acceptors (Lipinski definition) is 3. The molecule has 0 radical (unpaired) electrons. The van der Waals surface area contributed by atoms with Crippen LogP contribution in [0, 0.1) is 6.92 Å². The van der Waals surface area contributed by atoms with Crippen molar-refractivity contribution < 1.29 is 9.53 Å². The van der Waals surface area contributed by atoms with Crippen LogP contribution in [0.4, 0.5) is 0 Å². The number of nitrogens with one attached hydrogen (secondary N) is 1. The van der Waals surface area contributed by atoms with Gasteiger partial charge in [-0.1, -0.05) is 29.8 Å². The summed E-state index contributed by atoms with van der Waals surface area (Å²) in [6.45, 7) is 6.28. The first-order valence-corrected chi connectivity index (χ1v) is 9.12. The molecule has 0 fully saturated rings. The third-order valence-corrected chi connectivity index (χ3v) is 4.83. The fraction of sp³-hybridized carbons (Fsp3) is 0.316. The summed E-state index contributed by atoms with van der Waals surface area (Å²) in [7, 11) is 0. The van der Waals surface area contributed by atoms with Crippen LogP contribution in [0.5, 0.6) is 5.75 Å².